The normalized spacial score (nSPS) is 10.2. The smallest absolute Gasteiger partial charge is 0.171 e. The molecule has 2 N–H and O–H groups in total. The van der Waals surface area contributed by atoms with Gasteiger partial charge in [0, 0.05) is 23.3 Å². The summed E-state index contributed by atoms with van der Waals surface area (Å²) in [6.07, 6.45) is 1.73. The molecule has 1 heterocycles. The highest BCUT2D eigenvalue weighted by atomic mass is 35.5. The first kappa shape index (κ1) is 15.6. The van der Waals surface area contributed by atoms with Gasteiger partial charge in [-0.15, -0.1) is 0 Å². The lowest BCUT2D eigenvalue weighted by molar-refractivity contribution is 0.553. The fraction of sp³-hybridized carbons (Fsp3) is 0.143. The van der Waals surface area contributed by atoms with Crippen molar-refractivity contribution in [2.75, 3.05) is 11.9 Å². The van der Waals surface area contributed by atoms with E-state index in [0.717, 1.165) is 0 Å². The zero-order valence-electron chi connectivity index (χ0n) is 10.9. The topological polar surface area (TPSA) is 37.0 Å². The molecule has 0 aliphatic heterocycles. The van der Waals surface area contributed by atoms with E-state index in [9.17, 15) is 8.78 Å². The van der Waals surface area contributed by atoms with Crippen LogP contribution < -0.4 is 10.6 Å². The number of thiocarbonyl (C=S) groups is 1. The maximum absolute atomic E-state index is 13.4. The van der Waals surface area contributed by atoms with E-state index in [1.54, 1.807) is 18.3 Å². The maximum Gasteiger partial charge on any atom is 0.171 e. The van der Waals surface area contributed by atoms with Gasteiger partial charge in [0.1, 0.15) is 17.5 Å². The van der Waals surface area contributed by atoms with Gasteiger partial charge >= 0.3 is 0 Å². The van der Waals surface area contributed by atoms with Crippen molar-refractivity contribution in [3.05, 3.63) is 58.7 Å². The number of nitrogens with one attached hydrogen (secondary N) is 2. The van der Waals surface area contributed by atoms with Crippen LogP contribution in [0.2, 0.25) is 5.02 Å². The maximum atomic E-state index is 13.4. The molecular weight excluding hydrogens is 316 g/mol. The molecule has 0 spiro atoms. The van der Waals surface area contributed by atoms with Gasteiger partial charge in [0.2, 0.25) is 0 Å². The van der Waals surface area contributed by atoms with Crippen LogP contribution in [-0.2, 0) is 6.42 Å². The van der Waals surface area contributed by atoms with E-state index in [1.807, 2.05) is 0 Å². The van der Waals surface area contributed by atoms with E-state index in [-0.39, 0.29) is 12.0 Å². The van der Waals surface area contributed by atoms with E-state index >= 15 is 0 Å². The monoisotopic (exact) mass is 327 g/mol. The van der Waals surface area contributed by atoms with E-state index in [0.29, 0.717) is 22.5 Å². The van der Waals surface area contributed by atoms with Crippen LogP contribution in [0.25, 0.3) is 0 Å². The summed E-state index contributed by atoms with van der Waals surface area (Å²) in [5, 5.41) is 6.53. The summed E-state index contributed by atoms with van der Waals surface area (Å²) in [6, 6.07) is 7.05. The lowest BCUT2D eigenvalue weighted by atomic mass is 10.1. The largest absolute Gasteiger partial charge is 0.362 e. The number of halogens is 3. The summed E-state index contributed by atoms with van der Waals surface area (Å²) in [7, 11) is 0. The predicted molar refractivity (Wildman–Crippen MR) is 83.5 cm³/mol. The molecule has 0 aliphatic rings. The Hall–Kier alpha value is -1.79. The van der Waals surface area contributed by atoms with Crippen molar-refractivity contribution in [1.29, 1.82) is 0 Å². The third-order valence-electron chi connectivity index (χ3n) is 2.69. The van der Waals surface area contributed by atoms with Crippen LogP contribution in [0.15, 0.2) is 36.5 Å². The first-order valence-corrected chi connectivity index (χ1v) is 6.94. The highest BCUT2D eigenvalue weighted by Gasteiger charge is 2.08. The average molecular weight is 328 g/mol. The van der Waals surface area contributed by atoms with Crippen LogP contribution in [0.4, 0.5) is 14.6 Å². The van der Waals surface area contributed by atoms with Gasteiger partial charge in [0.05, 0.1) is 0 Å². The van der Waals surface area contributed by atoms with Gasteiger partial charge in [-0.25, -0.2) is 13.8 Å². The Balaban J connectivity index is 1.85. The summed E-state index contributed by atoms with van der Waals surface area (Å²) in [6.45, 7) is 0.296. The van der Waals surface area contributed by atoms with E-state index < -0.39 is 11.6 Å². The minimum atomic E-state index is -0.563. The quantitative estimate of drug-likeness (QED) is 0.842. The minimum absolute atomic E-state index is 0.0358. The summed E-state index contributed by atoms with van der Waals surface area (Å²) >= 11 is 10.9. The number of aromatic nitrogens is 1. The Kier molecular flexibility index (Phi) is 5.41. The highest BCUT2D eigenvalue weighted by Crippen LogP contribution is 2.13. The number of benzene rings is 1. The van der Waals surface area contributed by atoms with Crippen molar-refractivity contribution in [2.45, 2.75) is 6.42 Å². The van der Waals surface area contributed by atoms with Gasteiger partial charge in [-0.3, -0.25) is 0 Å². The van der Waals surface area contributed by atoms with E-state index in [4.69, 9.17) is 23.8 Å². The second-order valence-corrected chi connectivity index (χ2v) is 5.04. The molecule has 0 unspecified atom stereocenters. The zero-order valence-corrected chi connectivity index (χ0v) is 12.4. The van der Waals surface area contributed by atoms with Crippen molar-refractivity contribution >= 4 is 34.7 Å². The fourth-order valence-electron chi connectivity index (χ4n) is 1.71. The minimum Gasteiger partial charge on any atom is -0.362 e. The molecular formula is C14H12ClF2N3S. The molecule has 2 rings (SSSR count). The lowest BCUT2D eigenvalue weighted by Gasteiger charge is -2.10. The Morgan fingerprint density at radius 3 is 2.62 bits per heavy atom. The Bertz CT molecular complexity index is 632. The number of hydrogen-bond donors (Lipinski definition) is 2. The van der Waals surface area contributed by atoms with Crippen LogP contribution in [0.3, 0.4) is 0 Å². The standard InChI is InChI=1S/C14H12ClF2N3S/c15-9-4-6-18-13(8-9)20-14(21)19-7-5-10-11(16)2-1-3-12(10)17/h1-4,6,8H,5,7H2,(H2,18,19,20,21). The van der Waals surface area contributed by atoms with Crippen LogP contribution in [0.5, 0.6) is 0 Å². The summed E-state index contributed by atoms with van der Waals surface area (Å²) in [4.78, 5) is 4.03. The number of nitrogens with zero attached hydrogens (tertiary/aromatic N) is 1. The third kappa shape index (κ3) is 4.61. The third-order valence-corrected chi connectivity index (χ3v) is 3.17. The highest BCUT2D eigenvalue weighted by molar-refractivity contribution is 7.80. The second-order valence-electron chi connectivity index (χ2n) is 4.19. The molecule has 0 saturated carbocycles. The molecule has 1 aromatic heterocycles. The SMILES string of the molecule is Fc1cccc(F)c1CCNC(=S)Nc1cc(Cl)ccn1. The molecule has 0 atom stereocenters. The number of rotatable bonds is 4. The fourth-order valence-corrected chi connectivity index (χ4v) is 2.07. The van der Waals surface area contributed by atoms with Gasteiger partial charge < -0.3 is 10.6 Å². The van der Waals surface area contributed by atoms with E-state index in [1.165, 1.54) is 18.2 Å². The molecule has 21 heavy (non-hydrogen) atoms. The predicted octanol–water partition coefficient (Wildman–Crippen LogP) is 3.54. The van der Waals surface area contributed by atoms with Crippen molar-refractivity contribution in [3.63, 3.8) is 0 Å². The summed E-state index contributed by atoms with van der Waals surface area (Å²) in [5.41, 5.74) is 0.0358. The molecule has 0 amide bonds. The van der Waals surface area contributed by atoms with Crippen LogP contribution in [0.1, 0.15) is 5.56 Å². The molecule has 2 aromatic rings. The van der Waals surface area contributed by atoms with Crippen molar-refractivity contribution in [2.24, 2.45) is 0 Å². The number of hydrogen-bond acceptors (Lipinski definition) is 2. The van der Waals surface area contributed by atoms with Crippen LogP contribution in [-0.4, -0.2) is 16.6 Å². The number of pyridine rings is 1. The molecule has 3 nitrogen and oxygen atoms in total. The molecule has 0 saturated heterocycles. The summed E-state index contributed by atoms with van der Waals surface area (Å²) < 4.78 is 26.9. The average Bonchev–Trinajstić information content (AvgIpc) is 2.42. The van der Waals surface area contributed by atoms with E-state index in [2.05, 4.69) is 15.6 Å². The Labute approximate surface area is 131 Å². The van der Waals surface area contributed by atoms with Crippen molar-refractivity contribution in [3.8, 4) is 0 Å². The van der Waals surface area contributed by atoms with Gasteiger partial charge in [-0.05, 0) is 42.9 Å². The van der Waals surface area contributed by atoms with Crippen molar-refractivity contribution in [1.82, 2.24) is 10.3 Å². The van der Waals surface area contributed by atoms with Crippen molar-refractivity contribution < 1.29 is 8.78 Å². The molecule has 1 aromatic carbocycles. The molecule has 0 aliphatic carbocycles. The first-order chi connectivity index (χ1) is 10.1. The van der Waals surface area contributed by atoms with Gasteiger partial charge in [-0.1, -0.05) is 17.7 Å². The summed E-state index contributed by atoms with van der Waals surface area (Å²) in [5.74, 6) is -0.628. The zero-order chi connectivity index (χ0) is 15.2. The number of anilines is 1. The molecule has 0 radical (unpaired) electrons. The van der Waals surface area contributed by atoms with Crippen LogP contribution >= 0.6 is 23.8 Å². The molecule has 7 heteroatoms. The van der Waals surface area contributed by atoms with Gasteiger partial charge in [0.25, 0.3) is 0 Å². The molecule has 110 valence electrons. The Morgan fingerprint density at radius 1 is 1.24 bits per heavy atom. The first-order valence-electron chi connectivity index (χ1n) is 6.15. The van der Waals surface area contributed by atoms with Gasteiger partial charge in [-0.2, -0.15) is 0 Å². The Morgan fingerprint density at radius 2 is 1.95 bits per heavy atom. The molecule has 0 fully saturated rings. The van der Waals surface area contributed by atoms with Crippen LogP contribution in [0, 0.1) is 11.6 Å². The van der Waals surface area contributed by atoms with Gasteiger partial charge in [0.15, 0.2) is 5.11 Å². The molecule has 0 bridgehead atoms. The second kappa shape index (κ2) is 7.28. The lowest BCUT2D eigenvalue weighted by Crippen LogP contribution is -2.30.